The topological polar surface area (TPSA) is 39.2 Å². The third-order valence-electron chi connectivity index (χ3n) is 2.29. The van der Waals surface area contributed by atoms with E-state index >= 15 is 0 Å². The van der Waals surface area contributed by atoms with Crippen LogP contribution in [0.4, 0.5) is 13.2 Å². The van der Waals surface area contributed by atoms with Gasteiger partial charge in [0.2, 0.25) is 0 Å². The Balaban J connectivity index is 2.62. The molecule has 0 spiro atoms. The zero-order valence-electron chi connectivity index (χ0n) is 10.2. The predicted octanol–water partition coefficient (Wildman–Crippen LogP) is 4.55. The molecule has 1 aromatic rings. The molecule has 3 nitrogen and oxygen atoms in total. The minimum Gasteiger partial charge on any atom is -0.461 e. The molecule has 0 saturated heterocycles. The highest BCUT2D eigenvalue weighted by Crippen LogP contribution is 2.36. The number of carbonyl (C=O) groups excluding carboxylic acids is 1. The Kier molecular flexibility index (Phi) is 6.06. The summed E-state index contributed by atoms with van der Waals surface area (Å²) in [5.74, 6) is -1.02. The number of hydrogen-bond acceptors (Lipinski definition) is 4. The average molecular weight is 316 g/mol. The van der Waals surface area contributed by atoms with E-state index in [9.17, 15) is 18.0 Å². The first-order chi connectivity index (χ1) is 8.86. The van der Waals surface area contributed by atoms with Crippen molar-refractivity contribution in [2.24, 2.45) is 0 Å². The van der Waals surface area contributed by atoms with E-state index in [1.165, 1.54) is 0 Å². The van der Waals surface area contributed by atoms with Crippen molar-refractivity contribution in [3.8, 4) is 0 Å². The van der Waals surface area contributed by atoms with E-state index in [4.69, 9.17) is 16.3 Å². The van der Waals surface area contributed by atoms with Crippen LogP contribution in [0.1, 0.15) is 48.0 Å². The van der Waals surface area contributed by atoms with Crippen molar-refractivity contribution < 1.29 is 22.7 Å². The third kappa shape index (κ3) is 4.99. The van der Waals surface area contributed by atoms with Crippen molar-refractivity contribution in [1.29, 1.82) is 0 Å². The van der Waals surface area contributed by atoms with Crippen molar-refractivity contribution in [2.75, 3.05) is 6.61 Å². The molecule has 1 rings (SSSR count). The molecule has 0 aromatic carbocycles. The van der Waals surface area contributed by atoms with Crippen molar-refractivity contribution in [1.82, 2.24) is 4.98 Å². The monoisotopic (exact) mass is 315 g/mol. The maximum Gasteiger partial charge on any atom is 0.435 e. The Morgan fingerprint density at radius 1 is 1.37 bits per heavy atom. The van der Waals surface area contributed by atoms with Gasteiger partial charge in [0, 0.05) is 0 Å². The van der Waals surface area contributed by atoms with Crippen LogP contribution >= 0.6 is 22.9 Å². The molecule has 19 heavy (non-hydrogen) atoms. The summed E-state index contributed by atoms with van der Waals surface area (Å²) in [6.07, 6.45) is -1.18. The van der Waals surface area contributed by atoms with Gasteiger partial charge < -0.3 is 4.74 Å². The maximum atomic E-state index is 12.6. The molecule has 0 saturated carbocycles. The van der Waals surface area contributed by atoms with E-state index in [-0.39, 0.29) is 11.1 Å². The first kappa shape index (κ1) is 16.2. The molecule has 0 aliphatic carbocycles. The highest BCUT2D eigenvalue weighted by Gasteiger charge is 2.40. The summed E-state index contributed by atoms with van der Waals surface area (Å²) in [5.41, 5.74) is -1.28. The van der Waals surface area contributed by atoms with Crippen LogP contribution in [-0.2, 0) is 10.9 Å². The molecule has 0 aliphatic rings. The van der Waals surface area contributed by atoms with Crippen LogP contribution in [0, 0.1) is 0 Å². The van der Waals surface area contributed by atoms with Gasteiger partial charge in [0.25, 0.3) is 0 Å². The summed E-state index contributed by atoms with van der Waals surface area (Å²) in [7, 11) is 0. The van der Waals surface area contributed by atoms with E-state index in [1.54, 1.807) is 0 Å². The Morgan fingerprint density at radius 2 is 2.05 bits per heavy atom. The third-order valence-corrected chi connectivity index (χ3v) is 3.43. The van der Waals surface area contributed by atoms with Crippen LogP contribution in [0.2, 0.25) is 4.47 Å². The number of hydrogen-bond donors (Lipinski definition) is 0. The number of rotatable bonds is 6. The first-order valence-electron chi connectivity index (χ1n) is 5.77. The number of unbranched alkanes of at least 4 members (excludes halogenated alkanes) is 3. The SMILES string of the molecule is CCCCCCOC(=O)c1sc(Cl)nc1C(F)(F)F. The molecule has 0 unspecified atom stereocenters. The van der Waals surface area contributed by atoms with Gasteiger partial charge in [0.05, 0.1) is 6.61 Å². The van der Waals surface area contributed by atoms with Gasteiger partial charge in [-0.05, 0) is 6.42 Å². The molecule has 0 amide bonds. The van der Waals surface area contributed by atoms with Gasteiger partial charge in [-0.3, -0.25) is 0 Å². The van der Waals surface area contributed by atoms with Gasteiger partial charge in [-0.1, -0.05) is 49.1 Å². The molecule has 0 fully saturated rings. The highest BCUT2D eigenvalue weighted by atomic mass is 35.5. The number of carbonyl (C=O) groups is 1. The van der Waals surface area contributed by atoms with Crippen molar-refractivity contribution in [2.45, 2.75) is 38.8 Å². The summed E-state index contributed by atoms with van der Waals surface area (Å²) in [6.45, 7) is 2.13. The van der Waals surface area contributed by atoms with Gasteiger partial charge in [-0.15, -0.1) is 0 Å². The molecule has 0 aliphatic heterocycles. The second-order valence-electron chi connectivity index (χ2n) is 3.84. The molecule has 1 heterocycles. The molecule has 8 heteroatoms. The molecule has 0 bridgehead atoms. The smallest absolute Gasteiger partial charge is 0.435 e. The van der Waals surface area contributed by atoms with Crippen LogP contribution in [-0.4, -0.2) is 17.6 Å². The summed E-state index contributed by atoms with van der Waals surface area (Å²) in [5, 5.41) is 0. The minimum absolute atomic E-state index is 0.103. The molecule has 0 N–H and O–H groups in total. The van der Waals surface area contributed by atoms with Crippen molar-refractivity contribution in [3.63, 3.8) is 0 Å². The van der Waals surface area contributed by atoms with Crippen LogP contribution < -0.4 is 0 Å². The van der Waals surface area contributed by atoms with E-state index in [0.29, 0.717) is 17.8 Å². The largest absolute Gasteiger partial charge is 0.461 e. The van der Waals surface area contributed by atoms with Crippen molar-refractivity contribution >= 4 is 28.9 Å². The van der Waals surface area contributed by atoms with Gasteiger partial charge in [-0.2, -0.15) is 13.2 Å². The first-order valence-corrected chi connectivity index (χ1v) is 6.96. The molecular weight excluding hydrogens is 303 g/mol. The maximum absolute atomic E-state index is 12.6. The van der Waals surface area contributed by atoms with E-state index < -0.39 is 22.7 Å². The summed E-state index contributed by atoms with van der Waals surface area (Å²) < 4.78 is 42.2. The van der Waals surface area contributed by atoms with E-state index in [2.05, 4.69) is 4.98 Å². The fourth-order valence-corrected chi connectivity index (χ4v) is 2.41. The fourth-order valence-electron chi connectivity index (χ4n) is 1.38. The lowest BCUT2D eigenvalue weighted by Gasteiger charge is -2.06. The molecule has 0 atom stereocenters. The van der Waals surface area contributed by atoms with Gasteiger partial charge in [0.1, 0.15) is 4.88 Å². The quantitative estimate of drug-likeness (QED) is 0.571. The summed E-state index contributed by atoms with van der Waals surface area (Å²) in [4.78, 5) is 14.1. The number of esters is 1. The highest BCUT2D eigenvalue weighted by molar-refractivity contribution is 7.17. The van der Waals surface area contributed by atoms with Crippen LogP contribution in [0.3, 0.4) is 0 Å². The standard InChI is InChI=1S/C11H13ClF3NO2S/c1-2-3-4-5-6-18-9(17)7-8(11(13,14)15)16-10(12)19-7/h2-6H2,1H3. The second-order valence-corrected chi connectivity index (χ2v) is 5.42. The lowest BCUT2D eigenvalue weighted by Crippen LogP contribution is -2.14. The lowest BCUT2D eigenvalue weighted by molar-refractivity contribution is -0.141. The number of thiazole rings is 1. The Hall–Kier alpha value is -0.820. The molecular formula is C11H13ClF3NO2S. The normalized spacial score (nSPS) is 11.6. The Bertz CT molecular complexity index is 434. The zero-order chi connectivity index (χ0) is 14.5. The minimum atomic E-state index is -4.71. The van der Waals surface area contributed by atoms with E-state index in [0.717, 1.165) is 19.3 Å². The van der Waals surface area contributed by atoms with Gasteiger partial charge in [0.15, 0.2) is 10.2 Å². The fraction of sp³-hybridized carbons (Fsp3) is 0.636. The second kappa shape index (κ2) is 7.09. The summed E-state index contributed by atoms with van der Waals surface area (Å²) in [6, 6.07) is 0. The van der Waals surface area contributed by atoms with Gasteiger partial charge >= 0.3 is 12.1 Å². The number of aromatic nitrogens is 1. The number of nitrogens with zero attached hydrogens (tertiary/aromatic N) is 1. The average Bonchev–Trinajstić information content (AvgIpc) is 2.71. The predicted molar refractivity (Wildman–Crippen MR) is 66.6 cm³/mol. The number of halogens is 4. The van der Waals surface area contributed by atoms with Crippen LogP contribution in [0.5, 0.6) is 0 Å². The Morgan fingerprint density at radius 3 is 2.63 bits per heavy atom. The van der Waals surface area contributed by atoms with E-state index in [1.807, 2.05) is 6.92 Å². The van der Waals surface area contributed by atoms with Crippen LogP contribution in [0.15, 0.2) is 0 Å². The lowest BCUT2D eigenvalue weighted by atomic mass is 10.2. The number of alkyl halides is 3. The zero-order valence-corrected chi connectivity index (χ0v) is 11.8. The van der Waals surface area contributed by atoms with Crippen molar-refractivity contribution in [3.05, 3.63) is 15.0 Å². The number of ether oxygens (including phenoxy) is 1. The summed E-state index contributed by atoms with van der Waals surface area (Å²) >= 11 is 5.90. The molecule has 1 aromatic heterocycles. The molecule has 108 valence electrons. The Labute approximate surface area is 117 Å². The van der Waals surface area contributed by atoms with Crippen LogP contribution in [0.25, 0.3) is 0 Å². The molecule has 0 radical (unpaired) electrons. The van der Waals surface area contributed by atoms with Gasteiger partial charge in [-0.25, -0.2) is 9.78 Å².